The van der Waals surface area contributed by atoms with Crippen LogP contribution >= 0.6 is 15.9 Å². The van der Waals surface area contributed by atoms with E-state index < -0.39 is 10.0 Å². The van der Waals surface area contributed by atoms with Gasteiger partial charge in [0.25, 0.3) is 0 Å². The van der Waals surface area contributed by atoms with Crippen LogP contribution in [-0.2, 0) is 10.0 Å². The van der Waals surface area contributed by atoms with E-state index in [1.165, 1.54) is 6.20 Å². The molecule has 0 radical (unpaired) electrons. The van der Waals surface area contributed by atoms with Crippen LogP contribution in [0.3, 0.4) is 0 Å². The van der Waals surface area contributed by atoms with Crippen molar-refractivity contribution in [3.8, 4) is 0 Å². The Kier molecular flexibility index (Phi) is 3.20. The minimum atomic E-state index is -3.37. The van der Waals surface area contributed by atoms with Gasteiger partial charge < -0.3 is 0 Å². The number of alkyl halides is 1. The summed E-state index contributed by atoms with van der Waals surface area (Å²) in [7, 11) is -3.37. The van der Waals surface area contributed by atoms with Crippen LogP contribution in [-0.4, -0.2) is 34.6 Å². The van der Waals surface area contributed by atoms with Crippen LogP contribution in [0.15, 0.2) is 29.4 Å². The van der Waals surface area contributed by atoms with Crippen molar-refractivity contribution in [1.29, 1.82) is 0 Å². The van der Waals surface area contributed by atoms with Gasteiger partial charge in [0, 0.05) is 29.3 Å². The highest BCUT2D eigenvalue weighted by molar-refractivity contribution is 9.09. The van der Waals surface area contributed by atoms with Crippen molar-refractivity contribution >= 4 is 26.0 Å². The lowest BCUT2D eigenvalue weighted by molar-refractivity contribution is 0.255. The van der Waals surface area contributed by atoms with Gasteiger partial charge >= 0.3 is 0 Å². The lowest BCUT2D eigenvalue weighted by atomic mass is 10.1. The first-order valence-electron chi connectivity index (χ1n) is 6.16. The molecule has 3 heterocycles. The molecule has 4 nitrogen and oxygen atoms in total. The fourth-order valence-corrected chi connectivity index (χ4v) is 5.80. The van der Waals surface area contributed by atoms with E-state index in [0.717, 1.165) is 25.7 Å². The Bertz CT molecular complexity index is 520. The molecule has 2 aliphatic heterocycles. The molecule has 2 fully saturated rings. The minimum absolute atomic E-state index is 0.151. The zero-order valence-electron chi connectivity index (χ0n) is 9.87. The lowest BCUT2D eigenvalue weighted by Crippen LogP contribution is -2.46. The first-order valence-corrected chi connectivity index (χ1v) is 8.52. The zero-order chi connectivity index (χ0) is 12.8. The molecule has 6 heteroatoms. The molecule has 0 aliphatic carbocycles. The average molecular weight is 331 g/mol. The van der Waals surface area contributed by atoms with Crippen LogP contribution in [0.5, 0.6) is 0 Å². The van der Waals surface area contributed by atoms with Gasteiger partial charge in [-0.2, -0.15) is 4.31 Å². The smallest absolute Gasteiger partial charge is 0.245 e. The monoisotopic (exact) mass is 330 g/mol. The molecule has 2 bridgehead atoms. The summed E-state index contributed by atoms with van der Waals surface area (Å²) in [5.74, 6) is 0. The summed E-state index contributed by atoms with van der Waals surface area (Å²) in [6, 6.07) is 3.60. The first-order chi connectivity index (χ1) is 8.59. The van der Waals surface area contributed by atoms with E-state index in [0.29, 0.717) is 9.72 Å². The van der Waals surface area contributed by atoms with Crippen LogP contribution in [0, 0.1) is 0 Å². The summed E-state index contributed by atoms with van der Waals surface area (Å²) in [6.45, 7) is 0. The number of sulfonamides is 1. The quantitative estimate of drug-likeness (QED) is 0.781. The van der Waals surface area contributed by atoms with Gasteiger partial charge in [0.15, 0.2) is 0 Å². The van der Waals surface area contributed by atoms with Crippen LogP contribution in [0.4, 0.5) is 0 Å². The number of hydrogen-bond acceptors (Lipinski definition) is 3. The molecule has 2 atom stereocenters. The number of halogens is 1. The van der Waals surface area contributed by atoms with Crippen molar-refractivity contribution in [1.82, 2.24) is 9.29 Å². The second kappa shape index (κ2) is 4.58. The molecule has 2 saturated heterocycles. The Hall–Kier alpha value is -0.460. The molecule has 0 aromatic carbocycles. The van der Waals surface area contributed by atoms with E-state index in [1.807, 2.05) is 0 Å². The van der Waals surface area contributed by atoms with Crippen LogP contribution in [0.25, 0.3) is 0 Å². The zero-order valence-corrected chi connectivity index (χ0v) is 12.3. The van der Waals surface area contributed by atoms with Crippen LogP contribution < -0.4 is 0 Å². The van der Waals surface area contributed by atoms with E-state index in [2.05, 4.69) is 20.9 Å². The number of fused-ring (bicyclic) bond motifs is 2. The van der Waals surface area contributed by atoms with Crippen LogP contribution in [0.1, 0.15) is 25.7 Å². The number of pyridine rings is 1. The van der Waals surface area contributed by atoms with E-state index >= 15 is 0 Å². The van der Waals surface area contributed by atoms with Gasteiger partial charge in [-0.25, -0.2) is 8.42 Å². The van der Waals surface area contributed by atoms with Gasteiger partial charge in [0.1, 0.15) is 4.90 Å². The Morgan fingerprint density at radius 1 is 1.28 bits per heavy atom. The van der Waals surface area contributed by atoms with Gasteiger partial charge in [-0.05, 0) is 37.8 Å². The molecule has 0 spiro atoms. The normalized spacial score (nSPS) is 32.6. The Balaban J connectivity index is 1.96. The van der Waals surface area contributed by atoms with Crippen molar-refractivity contribution in [2.45, 2.75) is 47.5 Å². The third-order valence-corrected chi connectivity index (χ3v) is 6.55. The Morgan fingerprint density at radius 3 is 2.50 bits per heavy atom. The van der Waals surface area contributed by atoms with Gasteiger partial charge in [0.05, 0.1) is 0 Å². The number of rotatable bonds is 2. The third kappa shape index (κ3) is 2.00. The predicted molar refractivity (Wildman–Crippen MR) is 72.0 cm³/mol. The summed E-state index contributed by atoms with van der Waals surface area (Å²) in [5, 5.41) is 0. The second-order valence-electron chi connectivity index (χ2n) is 4.98. The molecule has 98 valence electrons. The molecule has 18 heavy (non-hydrogen) atoms. The molecule has 0 amide bonds. The maximum atomic E-state index is 12.6. The van der Waals surface area contributed by atoms with Crippen LogP contribution in [0.2, 0.25) is 0 Å². The first kappa shape index (κ1) is 12.6. The van der Waals surface area contributed by atoms with E-state index in [9.17, 15) is 8.42 Å². The van der Waals surface area contributed by atoms with Gasteiger partial charge in [-0.3, -0.25) is 4.98 Å². The largest absolute Gasteiger partial charge is 0.263 e. The molecule has 1 aromatic heterocycles. The summed E-state index contributed by atoms with van der Waals surface area (Å²) in [4.78, 5) is 4.68. The number of aromatic nitrogens is 1. The SMILES string of the molecule is O=S(=O)(c1cccnc1)N1C2CCC1CC(Br)C2. The average Bonchev–Trinajstić information content (AvgIpc) is 2.64. The predicted octanol–water partition coefficient (Wildman–Crippen LogP) is 2.16. The standard InChI is InChI=1S/C12H15BrN2O2S/c13-9-6-10-3-4-11(7-9)15(10)18(16,17)12-2-1-5-14-8-12/h1-2,5,8-11H,3-4,6-7H2. The van der Waals surface area contributed by atoms with Crippen molar-refractivity contribution < 1.29 is 8.42 Å². The molecule has 2 unspecified atom stereocenters. The van der Waals surface area contributed by atoms with Crippen molar-refractivity contribution in [3.63, 3.8) is 0 Å². The minimum Gasteiger partial charge on any atom is -0.263 e. The fourth-order valence-electron chi connectivity index (χ4n) is 3.08. The second-order valence-corrected chi connectivity index (χ2v) is 8.12. The maximum absolute atomic E-state index is 12.6. The highest BCUT2D eigenvalue weighted by Crippen LogP contribution is 2.41. The maximum Gasteiger partial charge on any atom is 0.245 e. The molecular formula is C12H15BrN2O2S. The molecule has 0 saturated carbocycles. The van der Waals surface area contributed by atoms with Gasteiger partial charge in [-0.1, -0.05) is 15.9 Å². The number of hydrogen-bond donors (Lipinski definition) is 0. The lowest BCUT2D eigenvalue weighted by Gasteiger charge is -2.35. The summed E-state index contributed by atoms with van der Waals surface area (Å²) in [5.41, 5.74) is 0. The third-order valence-electron chi connectivity index (χ3n) is 3.82. The molecule has 2 aliphatic rings. The van der Waals surface area contributed by atoms with Crippen molar-refractivity contribution in [3.05, 3.63) is 24.5 Å². The van der Waals surface area contributed by atoms with Gasteiger partial charge in [0.2, 0.25) is 10.0 Å². The highest BCUT2D eigenvalue weighted by atomic mass is 79.9. The van der Waals surface area contributed by atoms with E-state index in [4.69, 9.17) is 0 Å². The molecule has 0 N–H and O–H groups in total. The summed E-state index contributed by atoms with van der Waals surface area (Å²) in [6.07, 6.45) is 6.82. The van der Waals surface area contributed by atoms with Crippen molar-refractivity contribution in [2.75, 3.05) is 0 Å². The molecule has 3 rings (SSSR count). The Morgan fingerprint density at radius 2 is 1.94 bits per heavy atom. The fraction of sp³-hybridized carbons (Fsp3) is 0.583. The summed E-state index contributed by atoms with van der Waals surface area (Å²) >= 11 is 3.63. The van der Waals surface area contributed by atoms with Crippen molar-refractivity contribution in [2.24, 2.45) is 0 Å². The molecule has 1 aromatic rings. The number of nitrogens with zero attached hydrogens (tertiary/aromatic N) is 2. The summed E-state index contributed by atoms with van der Waals surface area (Å²) < 4.78 is 27.0. The van der Waals surface area contributed by atoms with E-state index in [-0.39, 0.29) is 12.1 Å². The topological polar surface area (TPSA) is 50.3 Å². The van der Waals surface area contributed by atoms with Gasteiger partial charge in [-0.15, -0.1) is 0 Å². The van der Waals surface area contributed by atoms with E-state index in [1.54, 1.807) is 22.6 Å². The molecular weight excluding hydrogens is 316 g/mol. The Labute approximate surface area is 116 Å². The number of piperidine rings is 1. The highest BCUT2D eigenvalue weighted by Gasteiger charge is 2.46.